The Morgan fingerprint density at radius 3 is 2.62 bits per heavy atom. The zero-order chi connectivity index (χ0) is 17.5. The predicted octanol–water partition coefficient (Wildman–Crippen LogP) is 2.74. The topological polar surface area (TPSA) is 79.6 Å². The second-order valence-corrected chi connectivity index (χ2v) is 4.94. The first-order chi connectivity index (χ1) is 11.5. The van der Waals surface area contributed by atoms with Crippen LogP contribution in [0.1, 0.15) is 11.1 Å². The Bertz CT molecular complexity index is 765. The van der Waals surface area contributed by atoms with Gasteiger partial charge in [-0.25, -0.2) is 8.78 Å². The Hall–Kier alpha value is -3.03. The van der Waals surface area contributed by atoms with Crippen LogP contribution in [-0.4, -0.2) is 17.9 Å². The highest BCUT2D eigenvalue weighted by Gasteiger charge is 2.07. The lowest BCUT2D eigenvalue weighted by molar-refractivity contribution is -0.384. The van der Waals surface area contributed by atoms with Gasteiger partial charge in [0.2, 0.25) is 0 Å². The number of nitrogens with one attached hydrogen (secondary N) is 2. The van der Waals surface area contributed by atoms with E-state index < -0.39 is 16.6 Å². The number of non-ortho nitro benzene ring substituents is 1. The Kier molecular flexibility index (Phi) is 5.78. The monoisotopic (exact) mass is 334 g/mol. The molecule has 2 rings (SSSR count). The van der Waals surface area contributed by atoms with Crippen LogP contribution in [0.15, 0.2) is 47.5 Å². The van der Waals surface area contributed by atoms with Crippen LogP contribution in [0.25, 0.3) is 0 Å². The number of nitrogens with zero attached hydrogens (tertiary/aromatic N) is 2. The molecule has 0 aliphatic heterocycles. The highest BCUT2D eigenvalue weighted by atomic mass is 19.1. The van der Waals surface area contributed by atoms with Gasteiger partial charge in [0.25, 0.3) is 5.69 Å². The second-order valence-electron chi connectivity index (χ2n) is 4.94. The third-order valence-corrected chi connectivity index (χ3v) is 3.26. The van der Waals surface area contributed by atoms with E-state index in [1.807, 2.05) is 0 Å². The van der Waals surface area contributed by atoms with E-state index in [1.54, 1.807) is 12.1 Å². The molecule has 0 bridgehead atoms. The van der Waals surface area contributed by atoms with Gasteiger partial charge in [0, 0.05) is 37.8 Å². The van der Waals surface area contributed by atoms with Crippen LogP contribution >= 0.6 is 0 Å². The standard InChI is InChI=1S/C16H16F2N4O2/c1-19-16(21-10-12-8-13(17)5-6-15(12)18)20-9-11-3-2-4-14(7-11)22(23)24/h2-8H,9-10H2,1H3,(H2,19,20,21). The summed E-state index contributed by atoms with van der Waals surface area (Å²) in [4.78, 5) is 14.3. The van der Waals surface area contributed by atoms with E-state index in [-0.39, 0.29) is 17.8 Å². The molecule has 0 fully saturated rings. The maximum Gasteiger partial charge on any atom is 0.269 e. The summed E-state index contributed by atoms with van der Waals surface area (Å²) in [5, 5.41) is 16.6. The molecule has 6 nitrogen and oxygen atoms in total. The quantitative estimate of drug-likeness (QED) is 0.381. The number of guanidine groups is 1. The minimum absolute atomic E-state index is 0.000853. The molecule has 0 amide bonds. The zero-order valence-corrected chi connectivity index (χ0v) is 12.9. The molecule has 0 aromatic heterocycles. The number of nitro groups is 1. The molecular formula is C16H16F2N4O2. The van der Waals surface area contributed by atoms with Gasteiger partial charge in [-0.05, 0) is 23.8 Å². The van der Waals surface area contributed by atoms with Crippen molar-refractivity contribution in [3.8, 4) is 0 Å². The fourth-order valence-electron chi connectivity index (χ4n) is 2.04. The molecule has 2 aromatic rings. The molecule has 8 heteroatoms. The predicted molar refractivity (Wildman–Crippen MR) is 86.5 cm³/mol. The smallest absolute Gasteiger partial charge is 0.269 e. The van der Waals surface area contributed by atoms with Crippen molar-refractivity contribution in [3.05, 3.63) is 75.3 Å². The molecule has 0 unspecified atom stereocenters. The number of hydrogen-bond acceptors (Lipinski definition) is 3. The van der Waals surface area contributed by atoms with Crippen molar-refractivity contribution in [3.63, 3.8) is 0 Å². The second kappa shape index (κ2) is 8.00. The number of halogens is 2. The molecule has 0 atom stereocenters. The van der Waals surface area contributed by atoms with Crippen LogP contribution in [-0.2, 0) is 13.1 Å². The largest absolute Gasteiger partial charge is 0.352 e. The average molecular weight is 334 g/mol. The molecule has 0 saturated carbocycles. The summed E-state index contributed by atoms with van der Waals surface area (Å²) in [5.41, 5.74) is 0.872. The minimum atomic E-state index is -0.521. The van der Waals surface area contributed by atoms with E-state index in [4.69, 9.17) is 0 Å². The van der Waals surface area contributed by atoms with E-state index in [2.05, 4.69) is 15.6 Å². The van der Waals surface area contributed by atoms with Crippen LogP contribution in [0.5, 0.6) is 0 Å². The summed E-state index contributed by atoms with van der Waals surface area (Å²) in [6.07, 6.45) is 0. The van der Waals surface area contributed by atoms with Crippen LogP contribution in [0.2, 0.25) is 0 Å². The van der Waals surface area contributed by atoms with Crippen molar-refractivity contribution >= 4 is 11.6 Å². The van der Waals surface area contributed by atoms with Crippen molar-refractivity contribution in [1.82, 2.24) is 10.6 Å². The number of benzene rings is 2. The van der Waals surface area contributed by atoms with Crippen LogP contribution in [0.3, 0.4) is 0 Å². The summed E-state index contributed by atoms with van der Waals surface area (Å²) >= 11 is 0. The van der Waals surface area contributed by atoms with Crippen molar-refractivity contribution < 1.29 is 13.7 Å². The van der Waals surface area contributed by atoms with E-state index in [0.717, 1.165) is 18.2 Å². The molecule has 2 aromatic carbocycles. The summed E-state index contributed by atoms with van der Waals surface area (Å²) in [7, 11) is 1.53. The first-order valence-corrected chi connectivity index (χ1v) is 7.11. The summed E-state index contributed by atoms with van der Waals surface area (Å²) in [6.45, 7) is 0.352. The zero-order valence-electron chi connectivity index (χ0n) is 12.9. The van der Waals surface area contributed by atoms with E-state index >= 15 is 0 Å². The molecule has 0 heterocycles. The SMILES string of the molecule is CN=C(NCc1cccc([N+](=O)[O-])c1)NCc1cc(F)ccc1F. The van der Waals surface area contributed by atoms with Crippen LogP contribution in [0.4, 0.5) is 14.5 Å². The molecule has 2 N–H and O–H groups in total. The summed E-state index contributed by atoms with van der Waals surface area (Å²) in [5.74, 6) is -0.670. The molecular weight excluding hydrogens is 318 g/mol. The number of aliphatic imine (C=N–C) groups is 1. The molecule has 0 saturated heterocycles. The number of rotatable bonds is 5. The minimum Gasteiger partial charge on any atom is -0.352 e. The van der Waals surface area contributed by atoms with Gasteiger partial charge in [-0.1, -0.05) is 12.1 Å². The van der Waals surface area contributed by atoms with Gasteiger partial charge < -0.3 is 10.6 Å². The van der Waals surface area contributed by atoms with Gasteiger partial charge >= 0.3 is 0 Å². The van der Waals surface area contributed by atoms with Crippen molar-refractivity contribution in [2.24, 2.45) is 4.99 Å². The molecule has 0 spiro atoms. The van der Waals surface area contributed by atoms with E-state index in [0.29, 0.717) is 18.1 Å². The lowest BCUT2D eigenvalue weighted by Crippen LogP contribution is -2.36. The highest BCUT2D eigenvalue weighted by Crippen LogP contribution is 2.13. The molecule has 0 aliphatic rings. The third-order valence-electron chi connectivity index (χ3n) is 3.26. The fourth-order valence-corrected chi connectivity index (χ4v) is 2.04. The Balaban J connectivity index is 1.94. The average Bonchev–Trinajstić information content (AvgIpc) is 2.58. The molecule has 126 valence electrons. The fraction of sp³-hybridized carbons (Fsp3) is 0.188. The van der Waals surface area contributed by atoms with Gasteiger partial charge in [-0.15, -0.1) is 0 Å². The van der Waals surface area contributed by atoms with Crippen molar-refractivity contribution in [2.45, 2.75) is 13.1 Å². The van der Waals surface area contributed by atoms with E-state index in [9.17, 15) is 18.9 Å². The lowest BCUT2D eigenvalue weighted by Gasteiger charge is -2.12. The Morgan fingerprint density at radius 2 is 1.92 bits per heavy atom. The number of nitro benzene ring substituents is 1. The van der Waals surface area contributed by atoms with Gasteiger partial charge in [-0.2, -0.15) is 0 Å². The van der Waals surface area contributed by atoms with Crippen LogP contribution < -0.4 is 10.6 Å². The van der Waals surface area contributed by atoms with E-state index in [1.165, 1.54) is 19.2 Å². The highest BCUT2D eigenvalue weighted by molar-refractivity contribution is 5.79. The van der Waals surface area contributed by atoms with Gasteiger partial charge in [-0.3, -0.25) is 15.1 Å². The molecule has 0 radical (unpaired) electrons. The Labute approximate surface area is 137 Å². The Morgan fingerprint density at radius 1 is 1.17 bits per heavy atom. The van der Waals surface area contributed by atoms with Gasteiger partial charge in [0.1, 0.15) is 11.6 Å². The normalized spacial score (nSPS) is 11.2. The van der Waals surface area contributed by atoms with Crippen LogP contribution in [0, 0.1) is 21.7 Å². The van der Waals surface area contributed by atoms with Gasteiger partial charge in [0.05, 0.1) is 4.92 Å². The maximum absolute atomic E-state index is 13.6. The van der Waals surface area contributed by atoms with Gasteiger partial charge in [0.15, 0.2) is 5.96 Å². The maximum atomic E-state index is 13.6. The summed E-state index contributed by atoms with van der Waals surface area (Å²) in [6, 6.07) is 9.40. The van der Waals surface area contributed by atoms with Crippen molar-refractivity contribution in [2.75, 3.05) is 7.05 Å². The molecule has 24 heavy (non-hydrogen) atoms. The van der Waals surface area contributed by atoms with Crippen molar-refractivity contribution in [1.29, 1.82) is 0 Å². The number of hydrogen-bond donors (Lipinski definition) is 2. The summed E-state index contributed by atoms with van der Waals surface area (Å²) < 4.78 is 26.7. The lowest BCUT2D eigenvalue weighted by atomic mass is 10.2. The third kappa shape index (κ3) is 4.73. The first-order valence-electron chi connectivity index (χ1n) is 7.11. The molecule has 0 aliphatic carbocycles. The first kappa shape index (κ1) is 17.3.